The number of nitrogens with zero attached hydrogens (tertiary/aromatic N) is 2. The fraction of sp³-hybridized carbons (Fsp3) is 0. The van der Waals surface area contributed by atoms with E-state index < -0.39 is 15.1 Å². The average molecular weight is 201 g/mol. The van der Waals surface area contributed by atoms with Crippen LogP contribution in [-0.2, 0) is 10.0 Å². The number of hydrogen-bond donors (Lipinski definition) is 0. The summed E-state index contributed by atoms with van der Waals surface area (Å²) in [5.41, 5.74) is 0. The van der Waals surface area contributed by atoms with Gasteiger partial charge >= 0.3 is 0 Å². The van der Waals surface area contributed by atoms with E-state index in [4.69, 9.17) is 0 Å². The van der Waals surface area contributed by atoms with Crippen LogP contribution in [0.25, 0.3) is 4.83 Å². The van der Waals surface area contributed by atoms with Crippen molar-refractivity contribution in [1.82, 2.24) is 0 Å². The molecule has 13 heavy (non-hydrogen) atoms. The second-order valence-corrected chi connectivity index (χ2v) is 3.69. The number of sulfonamides is 1. The zero-order chi connectivity index (χ0) is 9.90. The molecule has 0 radical (unpaired) electrons. The molecule has 70 valence electrons. The summed E-state index contributed by atoms with van der Waals surface area (Å²) in [4.78, 5) is 12.0. The Balaban J connectivity index is 3.02. The summed E-state index contributed by atoms with van der Waals surface area (Å²) >= 11 is 0. The van der Waals surface area contributed by atoms with Gasteiger partial charge in [-0.05, 0) is 17.2 Å². The molecule has 1 rings (SSSR count). The zero-order valence-electron chi connectivity index (χ0n) is 6.32. The summed E-state index contributed by atoms with van der Waals surface area (Å²) in [5, 5.41) is 8.61. The third kappa shape index (κ3) is 2.41. The molecule has 6 nitrogen and oxygen atoms in total. The summed E-state index contributed by atoms with van der Waals surface area (Å²) in [6, 6.07) is 7.00. The summed E-state index contributed by atoms with van der Waals surface area (Å²) in [5.74, 6) is 0. The maximum atomic E-state index is 11.0. The molecular weight excluding hydrogens is 196 g/mol. The van der Waals surface area contributed by atoms with Crippen LogP contribution in [0, 0.1) is 10.1 Å². The molecule has 0 aliphatic rings. The molecule has 0 saturated heterocycles. The van der Waals surface area contributed by atoms with Gasteiger partial charge in [0.2, 0.25) is 0 Å². The molecule has 0 aromatic heterocycles. The van der Waals surface area contributed by atoms with Gasteiger partial charge in [0.15, 0.2) is 10.0 Å². The van der Waals surface area contributed by atoms with E-state index in [0.29, 0.717) is 0 Å². The highest BCUT2D eigenvalue weighted by atomic mass is 32.2. The van der Waals surface area contributed by atoms with Crippen LogP contribution in [0.2, 0.25) is 0 Å². The Morgan fingerprint density at radius 1 is 1.23 bits per heavy atom. The van der Waals surface area contributed by atoms with Crippen LogP contribution in [0.1, 0.15) is 0 Å². The van der Waals surface area contributed by atoms with Crippen LogP contribution in [0.15, 0.2) is 35.2 Å². The van der Waals surface area contributed by atoms with Gasteiger partial charge in [-0.15, -0.1) is 0 Å². The first kappa shape index (κ1) is 9.46. The zero-order valence-corrected chi connectivity index (χ0v) is 7.14. The maximum absolute atomic E-state index is 11.0. The molecule has 0 bridgehead atoms. The monoisotopic (exact) mass is 201 g/mol. The third-order valence-corrected chi connectivity index (χ3v) is 2.43. The van der Waals surface area contributed by atoms with E-state index in [1.54, 1.807) is 6.07 Å². The van der Waals surface area contributed by atoms with Gasteiger partial charge in [0.05, 0.1) is 4.90 Å². The quantitative estimate of drug-likeness (QED) is 0.537. The predicted octanol–water partition coefficient (Wildman–Crippen LogP) is 0.941. The second-order valence-electron chi connectivity index (χ2n) is 2.11. The minimum atomic E-state index is -4.13. The van der Waals surface area contributed by atoms with Crippen molar-refractivity contribution in [3.8, 4) is 0 Å². The summed E-state index contributed by atoms with van der Waals surface area (Å²) in [7, 11) is -4.13. The molecule has 0 aliphatic carbocycles. The molecule has 0 atom stereocenters. The smallest absolute Gasteiger partial charge is 0.172 e. The number of benzene rings is 1. The molecule has 0 spiro atoms. The van der Waals surface area contributed by atoms with Crippen molar-refractivity contribution in [3.63, 3.8) is 0 Å². The summed E-state index contributed by atoms with van der Waals surface area (Å²) in [6.07, 6.45) is 0. The Kier molecular flexibility index (Phi) is 2.47. The van der Waals surface area contributed by atoms with Crippen LogP contribution < -0.4 is 0 Å². The van der Waals surface area contributed by atoms with Crippen molar-refractivity contribution in [1.29, 1.82) is 0 Å². The van der Waals surface area contributed by atoms with E-state index in [-0.39, 0.29) is 4.90 Å². The Labute approximate surface area is 74.4 Å². The summed E-state index contributed by atoms with van der Waals surface area (Å²) < 4.78 is 22.1. The van der Waals surface area contributed by atoms with Crippen molar-refractivity contribution in [2.75, 3.05) is 0 Å². The highest BCUT2D eigenvalue weighted by molar-refractivity contribution is 7.93. The lowest BCUT2D eigenvalue weighted by molar-refractivity contribution is -0.412. The normalized spacial score (nSPS) is 10.8. The number of rotatable bonds is 3. The fourth-order valence-electron chi connectivity index (χ4n) is 0.727. The number of hydrogen-bond acceptors (Lipinski definition) is 4. The van der Waals surface area contributed by atoms with Crippen molar-refractivity contribution in [2.45, 2.75) is 4.90 Å². The van der Waals surface area contributed by atoms with E-state index in [0.717, 1.165) is 0 Å². The van der Waals surface area contributed by atoms with Gasteiger partial charge < -0.3 is 0 Å². The minimum Gasteiger partial charge on any atom is -0.268 e. The van der Waals surface area contributed by atoms with Crippen molar-refractivity contribution in [2.24, 2.45) is 0 Å². The van der Waals surface area contributed by atoms with E-state index in [2.05, 4.69) is 4.83 Å². The second kappa shape index (κ2) is 3.40. The third-order valence-electron chi connectivity index (χ3n) is 1.22. The lowest BCUT2D eigenvalue weighted by atomic mass is 10.4. The highest BCUT2D eigenvalue weighted by Crippen LogP contribution is 2.15. The van der Waals surface area contributed by atoms with Crippen LogP contribution in [0.4, 0.5) is 0 Å². The number of nitro groups is 1. The fourth-order valence-corrected chi connectivity index (χ4v) is 1.50. The van der Waals surface area contributed by atoms with E-state index in [1.165, 1.54) is 24.3 Å². The van der Waals surface area contributed by atoms with E-state index in [9.17, 15) is 18.5 Å². The van der Waals surface area contributed by atoms with Crippen molar-refractivity contribution < 1.29 is 13.5 Å². The Hall–Kier alpha value is -1.63. The molecule has 0 heterocycles. The molecule has 0 saturated carbocycles. The predicted molar refractivity (Wildman–Crippen MR) is 44.0 cm³/mol. The largest absolute Gasteiger partial charge is 0.268 e. The van der Waals surface area contributed by atoms with E-state index in [1.807, 2.05) is 0 Å². The first-order valence-corrected chi connectivity index (χ1v) is 4.64. The first-order valence-electron chi connectivity index (χ1n) is 3.20. The molecule has 1 aromatic carbocycles. The molecule has 0 fully saturated rings. The Morgan fingerprint density at radius 2 is 1.77 bits per heavy atom. The lowest BCUT2D eigenvalue weighted by Crippen LogP contribution is -2.04. The van der Waals surface area contributed by atoms with E-state index >= 15 is 0 Å². The van der Waals surface area contributed by atoms with Gasteiger partial charge in [-0.2, -0.15) is 0 Å². The molecule has 0 aliphatic heterocycles. The SMILES string of the molecule is O=[N+]([O-])[N-]S(=O)(=O)c1ccccc1. The van der Waals surface area contributed by atoms with Gasteiger partial charge in [0.1, 0.15) is 0 Å². The lowest BCUT2D eigenvalue weighted by Gasteiger charge is -2.09. The van der Waals surface area contributed by atoms with Crippen LogP contribution >= 0.6 is 0 Å². The highest BCUT2D eigenvalue weighted by Gasteiger charge is 2.07. The van der Waals surface area contributed by atoms with Gasteiger partial charge in [0.25, 0.3) is 0 Å². The van der Waals surface area contributed by atoms with Gasteiger partial charge in [-0.25, -0.2) is 8.42 Å². The standard InChI is InChI=1S/C6H5N2O4S/c9-8(10)7-13(11,12)6-4-2-1-3-5-6/h1-5H/q-1. The maximum Gasteiger partial charge on any atom is 0.172 e. The molecular formula is C6H5N2O4S-. The Bertz CT molecular complexity index is 400. The first-order chi connectivity index (χ1) is 6.02. The topological polar surface area (TPSA) is 91.4 Å². The van der Waals surface area contributed by atoms with Crippen LogP contribution in [-0.4, -0.2) is 13.5 Å². The van der Waals surface area contributed by atoms with Crippen molar-refractivity contribution in [3.05, 3.63) is 45.3 Å². The molecule has 1 aromatic rings. The molecule has 0 unspecified atom stereocenters. The van der Waals surface area contributed by atoms with Crippen molar-refractivity contribution >= 4 is 10.0 Å². The minimum absolute atomic E-state index is 0.188. The molecule has 0 N–H and O–H groups in total. The molecule has 7 heteroatoms. The van der Waals surface area contributed by atoms with Gasteiger partial charge in [-0.3, -0.25) is 14.9 Å². The Morgan fingerprint density at radius 3 is 2.23 bits per heavy atom. The average Bonchev–Trinajstić information content (AvgIpc) is 2.04. The molecule has 0 amide bonds. The van der Waals surface area contributed by atoms with Crippen LogP contribution in [0.5, 0.6) is 0 Å². The van der Waals surface area contributed by atoms with Crippen LogP contribution in [0.3, 0.4) is 0 Å². The van der Waals surface area contributed by atoms with Gasteiger partial charge in [-0.1, -0.05) is 18.2 Å². The van der Waals surface area contributed by atoms with Gasteiger partial charge in [0, 0.05) is 0 Å². The summed E-state index contributed by atoms with van der Waals surface area (Å²) in [6.45, 7) is 0.